The number of carbonyl (C=O) groups is 2. The zero-order valence-electron chi connectivity index (χ0n) is 9.54. The molecule has 1 heterocycles. The van der Waals surface area contributed by atoms with Crippen LogP contribution in [0.5, 0.6) is 0 Å². The molecule has 0 amide bonds. The highest BCUT2D eigenvalue weighted by atomic mass is 127. The summed E-state index contributed by atoms with van der Waals surface area (Å²) in [7, 11) is -1.76. The highest BCUT2D eigenvalue weighted by molar-refractivity contribution is 14.1. The molecule has 2 aromatic rings. The highest BCUT2D eigenvalue weighted by Gasteiger charge is 2.25. The number of ketones is 1. The Morgan fingerprint density at radius 3 is 2.42 bits per heavy atom. The smallest absolute Gasteiger partial charge is 0.423 e. The Morgan fingerprint density at radius 2 is 1.89 bits per heavy atom. The maximum Gasteiger partial charge on any atom is 0.499 e. The first kappa shape index (κ1) is 14.4. The number of thiophene rings is 1. The van der Waals surface area contributed by atoms with Gasteiger partial charge in [0.1, 0.15) is 0 Å². The minimum Gasteiger partial charge on any atom is -0.423 e. The van der Waals surface area contributed by atoms with Crippen LogP contribution in [0.2, 0.25) is 0 Å². The molecule has 0 saturated heterocycles. The van der Waals surface area contributed by atoms with Crippen molar-refractivity contribution in [3.05, 3.63) is 49.9 Å². The first-order valence-corrected chi connectivity index (χ1v) is 7.17. The van der Waals surface area contributed by atoms with Gasteiger partial charge in [0.05, 0.1) is 4.88 Å². The van der Waals surface area contributed by atoms with Crippen LogP contribution in [-0.4, -0.2) is 29.2 Å². The summed E-state index contributed by atoms with van der Waals surface area (Å²) < 4.78 is 1.08. The fraction of sp³-hybridized carbons (Fsp3) is 0. The molecule has 19 heavy (non-hydrogen) atoms. The summed E-state index contributed by atoms with van der Waals surface area (Å²) in [6.07, 6.45) is 0.585. The van der Waals surface area contributed by atoms with E-state index in [4.69, 9.17) is 0 Å². The van der Waals surface area contributed by atoms with Crippen molar-refractivity contribution in [1.29, 1.82) is 0 Å². The molecule has 0 bridgehead atoms. The van der Waals surface area contributed by atoms with Crippen molar-refractivity contribution in [2.24, 2.45) is 0 Å². The summed E-state index contributed by atoms with van der Waals surface area (Å²) in [5, 5.41) is 18.5. The SMILES string of the molecule is O=Cc1cc(C(=O)c2ccc(I)cc2)c(B(O)O)s1. The Hall–Kier alpha value is -1.03. The highest BCUT2D eigenvalue weighted by Crippen LogP contribution is 2.16. The quantitative estimate of drug-likeness (QED) is 0.357. The second kappa shape index (κ2) is 5.95. The standard InChI is InChI=1S/C12H8BIO4S/c14-8-3-1-7(2-4-8)11(16)10-5-9(6-15)19-12(10)13(17)18/h1-6,17-18H. The lowest BCUT2D eigenvalue weighted by atomic mass is 9.84. The molecule has 0 unspecified atom stereocenters. The van der Waals surface area contributed by atoms with Crippen LogP contribution in [0.3, 0.4) is 0 Å². The molecule has 0 spiro atoms. The lowest BCUT2D eigenvalue weighted by molar-refractivity contribution is 0.103. The largest absolute Gasteiger partial charge is 0.499 e. The molecule has 0 radical (unpaired) electrons. The van der Waals surface area contributed by atoms with Gasteiger partial charge in [0.25, 0.3) is 0 Å². The third-order valence-electron chi connectivity index (χ3n) is 2.48. The van der Waals surface area contributed by atoms with Crippen LogP contribution in [0.4, 0.5) is 0 Å². The number of aldehydes is 1. The number of hydrogen-bond acceptors (Lipinski definition) is 5. The van der Waals surface area contributed by atoms with Gasteiger partial charge in [-0.2, -0.15) is 0 Å². The zero-order valence-corrected chi connectivity index (χ0v) is 12.5. The lowest BCUT2D eigenvalue weighted by Gasteiger charge is -2.02. The minimum absolute atomic E-state index is 0.0886. The molecule has 0 aliphatic carbocycles. The summed E-state index contributed by atoms with van der Waals surface area (Å²) in [6.45, 7) is 0. The van der Waals surface area contributed by atoms with Crippen LogP contribution in [0.25, 0.3) is 0 Å². The summed E-state index contributed by atoms with van der Waals surface area (Å²) >= 11 is 3.03. The van der Waals surface area contributed by atoms with Gasteiger partial charge >= 0.3 is 7.12 Å². The van der Waals surface area contributed by atoms with Crippen molar-refractivity contribution in [3.63, 3.8) is 0 Å². The van der Waals surface area contributed by atoms with Crippen LogP contribution in [0.1, 0.15) is 25.6 Å². The van der Waals surface area contributed by atoms with Crippen molar-refractivity contribution >= 4 is 57.9 Å². The van der Waals surface area contributed by atoms with E-state index in [1.54, 1.807) is 24.3 Å². The van der Waals surface area contributed by atoms with Gasteiger partial charge in [0, 0.05) is 19.5 Å². The van der Waals surface area contributed by atoms with E-state index in [-0.39, 0.29) is 21.0 Å². The topological polar surface area (TPSA) is 74.6 Å². The van der Waals surface area contributed by atoms with Gasteiger partial charge in [-0.25, -0.2) is 0 Å². The molecular weight excluding hydrogens is 378 g/mol. The molecule has 1 aromatic carbocycles. The van der Waals surface area contributed by atoms with E-state index in [2.05, 4.69) is 22.6 Å². The Bertz CT molecular complexity index is 621. The lowest BCUT2D eigenvalue weighted by Crippen LogP contribution is -2.31. The van der Waals surface area contributed by atoms with E-state index >= 15 is 0 Å². The van der Waals surface area contributed by atoms with Crippen LogP contribution in [-0.2, 0) is 0 Å². The predicted molar refractivity (Wildman–Crippen MR) is 82.1 cm³/mol. The van der Waals surface area contributed by atoms with E-state index in [0.717, 1.165) is 14.9 Å². The molecule has 96 valence electrons. The van der Waals surface area contributed by atoms with E-state index in [1.165, 1.54) is 6.07 Å². The maximum atomic E-state index is 12.3. The Balaban J connectivity index is 2.45. The average molecular weight is 386 g/mol. The molecule has 0 saturated carbocycles. The van der Waals surface area contributed by atoms with E-state index in [0.29, 0.717) is 11.8 Å². The van der Waals surface area contributed by atoms with Crippen molar-refractivity contribution in [3.8, 4) is 0 Å². The molecule has 0 atom stereocenters. The Morgan fingerprint density at radius 1 is 1.26 bits per heavy atom. The first-order chi connectivity index (χ1) is 9.02. The minimum atomic E-state index is -1.76. The zero-order chi connectivity index (χ0) is 14.0. The monoisotopic (exact) mass is 386 g/mol. The molecule has 2 rings (SSSR count). The van der Waals surface area contributed by atoms with Crippen LogP contribution in [0.15, 0.2) is 30.3 Å². The van der Waals surface area contributed by atoms with Crippen molar-refractivity contribution in [1.82, 2.24) is 0 Å². The molecule has 0 aliphatic rings. The molecule has 0 aliphatic heterocycles. The fourth-order valence-corrected chi connectivity index (χ4v) is 2.81. The molecule has 2 N–H and O–H groups in total. The Kier molecular flexibility index (Phi) is 4.51. The molecular formula is C12H8BIO4S. The van der Waals surface area contributed by atoms with Gasteiger partial charge < -0.3 is 10.0 Å². The predicted octanol–water partition coefficient (Wildman–Crippen LogP) is 1.08. The number of carbonyl (C=O) groups excluding carboxylic acids is 2. The van der Waals surface area contributed by atoms with E-state index in [1.807, 2.05) is 0 Å². The first-order valence-electron chi connectivity index (χ1n) is 5.28. The second-order valence-electron chi connectivity index (χ2n) is 3.75. The van der Waals surface area contributed by atoms with Crippen molar-refractivity contribution < 1.29 is 19.6 Å². The molecule has 0 fully saturated rings. The van der Waals surface area contributed by atoms with Crippen molar-refractivity contribution in [2.75, 3.05) is 0 Å². The average Bonchev–Trinajstić information content (AvgIpc) is 2.83. The van der Waals surface area contributed by atoms with Crippen LogP contribution < -0.4 is 4.78 Å². The van der Waals surface area contributed by atoms with E-state index in [9.17, 15) is 19.6 Å². The van der Waals surface area contributed by atoms with Gasteiger partial charge in [-0.05, 0) is 52.9 Å². The number of hydrogen-bond donors (Lipinski definition) is 2. The van der Waals surface area contributed by atoms with Gasteiger partial charge in [-0.1, -0.05) is 0 Å². The van der Waals surface area contributed by atoms with Crippen molar-refractivity contribution in [2.45, 2.75) is 0 Å². The van der Waals surface area contributed by atoms with Crippen LogP contribution >= 0.6 is 33.9 Å². The summed E-state index contributed by atoms with van der Waals surface area (Å²) in [6, 6.07) is 8.28. The molecule has 1 aromatic heterocycles. The van der Waals surface area contributed by atoms with Gasteiger partial charge in [-0.15, -0.1) is 11.3 Å². The van der Waals surface area contributed by atoms with Gasteiger partial charge in [-0.3, -0.25) is 9.59 Å². The summed E-state index contributed by atoms with van der Waals surface area (Å²) in [5.41, 5.74) is 0.598. The molecule has 7 heteroatoms. The second-order valence-corrected chi connectivity index (χ2v) is 6.12. The summed E-state index contributed by atoms with van der Waals surface area (Å²) in [5.74, 6) is -0.330. The normalized spacial score (nSPS) is 10.3. The Labute approximate surface area is 127 Å². The van der Waals surface area contributed by atoms with Gasteiger partial charge in [0.2, 0.25) is 0 Å². The number of benzene rings is 1. The third-order valence-corrected chi connectivity index (χ3v) is 4.30. The number of halogens is 1. The number of rotatable bonds is 4. The van der Waals surface area contributed by atoms with E-state index < -0.39 is 7.12 Å². The van der Waals surface area contributed by atoms with Gasteiger partial charge in [0.15, 0.2) is 12.1 Å². The third kappa shape index (κ3) is 3.11. The molecule has 4 nitrogen and oxygen atoms in total. The van der Waals surface area contributed by atoms with Crippen LogP contribution in [0, 0.1) is 3.57 Å². The fourth-order valence-electron chi connectivity index (χ4n) is 1.61. The summed E-state index contributed by atoms with van der Waals surface area (Å²) in [4.78, 5) is 23.3. The maximum absolute atomic E-state index is 12.3.